The predicted octanol–water partition coefficient (Wildman–Crippen LogP) is 6.08. The van der Waals surface area contributed by atoms with Crippen molar-refractivity contribution < 1.29 is 4.79 Å². The molecule has 0 spiro atoms. The fourth-order valence-electron chi connectivity index (χ4n) is 6.23. The number of urea groups is 1. The zero-order valence-corrected chi connectivity index (χ0v) is 19.5. The number of para-hydroxylation sites is 1. The van der Waals surface area contributed by atoms with E-state index in [1.165, 1.54) is 49.8 Å². The minimum atomic E-state index is -0.00223. The molecule has 1 saturated heterocycles. The van der Waals surface area contributed by atoms with Crippen LogP contribution < -0.4 is 4.90 Å². The van der Waals surface area contributed by atoms with E-state index in [9.17, 15) is 4.79 Å². The SMILES string of the molecule is CCN1C(=O)N(C2CCN(CC3CCCCC3)CC2)C(c2ccccc2)c2ccccc21. The van der Waals surface area contributed by atoms with Gasteiger partial charge in [-0.2, -0.15) is 0 Å². The highest BCUT2D eigenvalue weighted by Crippen LogP contribution is 2.43. The lowest BCUT2D eigenvalue weighted by atomic mass is 9.87. The molecule has 0 aromatic heterocycles. The standard InChI is InChI=1S/C28H37N3O/c1-2-30-26-16-10-9-15-25(26)27(23-13-7-4-8-14-23)31(28(30)32)24-17-19-29(20-18-24)21-22-11-5-3-6-12-22/h4,7-10,13-16,22,24,27H,2-3,5-6,11-12,17-21H2,1H3. The third-order valence-corrected chi connectivity index (χ3v) is 7.88. The fourth-order valence-corrected chi connectivity index (χ4v) is 6.23. The molecule has 2 aromatic rings. The van der Waals surface area contributed by atoms with Gasteiger partial charge >= 0.3 is 6.03 Å². The Morgan fingerprint density at radius 1 is 0.844 bits per heavy atom. The van der Waals surface area contributed by atoms with Gasteiger partial charge in [0.25, 0.3) is 0 Å². The third-order valence-electron chi connectivity index (χ3n) is 7.88. The molecule has 1 atom stereocenters. The van der Waals surface area contributed by atoms with Crippen molar-refractivity contribution in [3.05, 3.63) is 65.7 Å². The van der Waals surface area contributed by atoms with Gasteiger partial charge in [0, 0.05) is 37.8 Å². The van der Waals surface area contributed by atoms with Crippen LogP contribution in [0, 0.1) is 5.92 Å². The van der Waals surface area contributed by atoms with Crippen LogP contribution >= 0.6 is 0 Å². The molecule has 0 N–H and O–H groups in total. The maximum Gasteiger partial charge on any atom is 0.325 e. The molecule has 2 aliphatic heterocycles. The number of fused-ring (bicyclic) bond motifs is 1. The number of likely N-dealkylation sites (tertiary alicyclic amines) is 1. The van der Waals surface area contributed by atoms with Gasteiger partial charge < -0.3 is 9.80 Å². The molecule has 1 saturated carbocycles. The minimum absolute atomic E-state index is 0.00223. The van der Waals surface area contributed by atoms with Crippen LogP contribution in [0.25, 0.3) is 0 Å². The Labute approximate surface area is 193 Å². The average Bonchev–Trinajstić information content (AvgIpc) is 2.85. The lowest BCUT2D eigenvalue weighted by Crippen LogP contribution is -2.56. The van der Waals surface area contributed by atoms with E-state index in [0.29, 0.717) is 6.54 Å². The predicted molar refractivity (Wildman–Crippen MR) is 131 cm³/mol. The average molecular weight is 432 g/mol. The number of amides is 2. The zero-order valence-electron chi connectivity index (χ0n) is 19.5. The fraction of sp³-hybridized carbons (Fsp3) is 0.536. The van der Waals surface area contributed by atoms with Crippen molar-refractivity contribution >= 4 is 11.7 Å². The second-order valence-corrected chi connectivity index (χ2v) is 9.84. The summed E-state index contributed by atoms with van der Waals surface area (Å²) in [5, 5.41) is 0. The minimum Gasteiger partial charge on any atom is -0.310 e. The normalized spacial score (nSPS) is 23.4. The molecule has 5 rings (SSSR count). The van der Waals surface area contributed by atoms with Crippen molar-refractivity contribution in [1.29, 1.82) is 0 Å². The van der Waals surface area contributed by atoms with Crippen LogP contribution in [-0.2, 0) is 0 Å². The van der Waals surface area contributed by atoms with Gasteiger partial charge in [-0.25, -0.2) is 4.79 Å². The number of nitrogens with zero attached hydrogens (tertiary/aromatic N) is 3. The molecule has 3 aliphatic rings. The Morgan fingerprint density at radius 3 is 2.25 bits per heavy atom. The summed E-state index contributed by atoms with van der Waals surface area (Å²) in [6.45, 7) is 6.27. The summed E-state index contributed by atoms with van der Waals surface area (Å²) in [6.07, 6.45) is 9.20. The summed E-state index contributed by atoms with van der Waals surface area (Å²) in [4.78, 5) is 20.7. The maximum absolute atomic E-state index is 13.8. The van der Waals surface area contributed by atoms with Crippen LogP contribution in [0.2, 0.25) is 0 Å². The number of piperidine rings is 1. The maximum atomic E-state index is 13.8. The largest absolute Gasteiger partial charge is 0.325 e. The molecule has 0 radical (unpaired) electrons. The highest BCUT2D eigenvalue weighted by atomic mass is 16.2. The molecule has 2 amide bonds. The molecule has 4 heteroatoms. The first-order valence-corrected chi connectivity index (χ1v) is 12.7. The smallest absolute Gasteiger partial charge is 0.310 e. The van der Waals surface area contributed by atoms with Crippen molar-refractivity contribution in [2.24, 2.45) is 5.92 Å². The number of benzene rings is 2. The van der Waals surface area contributed by atoms with Gasteiger partial charge in [0.05, 0.1) is 11.7 Å². The summed E-state index contributed by atoms with van der Waals surface area (Å²) in [6, 6.07) is 19.6. The van der Waals surface area contributed by atoms with Gasteiger partial charge in [-0.05, 0) is 50.2 Å². The second-order valence-electron chi connectivity index (χ2n) is 9.84. The van der Waals surface area contributed by atoms with E-state index >= 15 is 0 Å². The van der Waals surface area contributed by atoms with E-state index in [0.717, 1.165) is 37.5 Å². The van der Waals surface area contributed by atoms with E-state index in [1.54, 1.807) is 0 Å². The van der Waals surface area contributed by atoms with Crippen molar-refractivity contribution in [2.75, 3.05) is 31.1 Å². The van der Waals surface area contributed by atoms with Crippen molar-refractivity contribution in [3.8, 4) is 0 Å². The van der Waals surface area contributed by atoms with Gasteiger partial charge in [-0.1, -0.05) is 67.8 Å². The van der Waals surface area contributed by atoms with Gasteiger partial charge in [-0.3, -0.25) is 4.90 Å². The summed E-state index contributed by atoms with van der Waals surface area (Å²) in [5.74, 6) is 0.886. The lowest BCUT2D eigenvalue weighted by molar-refractivity contribution is 0.0928. The Kier molecular flexibility index (Phi) is 6.49. The molecular formula is C28H37N3O. The zero-order chi connectivity index (χ0) is 21.9. The summed E-state index contributed by atoms with van der Waals surface area (Å²) in [5.41, 5.74) is 3.54. The van der Waals surface area contributed by atoms with E-state index in [-0.39, 0.29) is 18.1 Å². The number of rotatable bonds is 5. The number of carbonyl (C=O) groups excluding carboxylic acids is 1. The monoisotopic (exact) mass is 431 g/mol. The lowest BCUT2D eigenvalue weighted by Gasteiger charge is -2.48. The van der Waals surface area contributed by atoms with Crippen LogP contribution in [0.1, 0.15) is 69.0 Å². The molecule has 0 bridgehead atoms. The summed E-state index contributed by atoms with van der Waals surface area (Å²) in [7, 11) is 0. The number of hydrogen-bond acceptors (Lipinski definition) is 2. The highest BCUT2D eigenvalue weighted by molar-refractivity contribution is 5.96. The Bertz CT molecular complexity index is 900. The Hall–Kier alpha value is -2.33. The van der Waals surface area contributed by atoms with Crippen LogP contribution in [-0.4, -0.2) is 48.1 Å². The van der Waals surface area contributed by atoms with E-state index in [2.05, 4.69) is 71.3 Å². The molecule has 2 aromatic carbocycles. The van der Waals surface area contributed by atoms with Crippen LogP contribution in [0.5, 0.6) is 0 Å². The van der Waals surface area contributed by atoms with Gasteiger partial charge in [-0.15, -0.1) is 0 Å². The first-order chi connectivity index (χ1) is 15.8. The van der Waals surface area contributed by atoms with Gasteiger partial charge in [0.15, 0.2) is 0 Å². The second kappa shape index (κ2) is 9.66. The first kappa shape index (κ1) is 21.5. The summed E-state index contributed by atoms with van der Waals surface area (Å²) >= 11 is 0. The molecular weight excluding hydrogens is 394 g/mol. The van der Waals surface area contributed by atoms with Crippen molar-refractivity contribution in [1.82, 2.24) is 9.80 Å². The van der Waals surface area contributed by atoms with Gasteiger partial charge in [0.2, 0.25) is 0 Å². The van der Waals surface area contributed by atoms with Crippen LogP contribution in [0.3, 0.4) is 0 Å². The number of carbonyl (C=O) groups is 1. The number of anilines is 1. The van der Waals surface area contributed by atoms with Gasteiger partial charge in [0.1, 0.15) is 0 Å². The topological polar surface area (TPSA) is 26.8 Å². The van der Waals surface area contributed by atoms with E-state index < -0.39 is 0 Å². The molecule has 170 valence electrons. The molecule has 2 fully saturated rings. The summed E-state index contributed by atoms with van der Waals surface area (Å²) < 4.78 is 0. The van der Waals surface area contributed by atoms with Crippen molar-refractivity contribution in [2.45, 2.75) is 64.0 Å². The molecule has 2 heterocycles. The van der Waals surface area contributed by atoms with Crippen molar-refractivity contribution in [3.63, 3.8) is 0 Å². The van der Waals surface area contributed by atoms with E-state index in [1.807, 2.05) is 4.90 Å². The van der Waals surface area contributed by atoms with E-state index in [4.69, 9.17) is 0 Å². The highest BCUT2D eigenvalue weighted by Gasteiger charge is 2.42. The molecule has 4 nitrogen and oxygen atoms in total. The Morgan fingerprint density at radius 2 is 1.53 bits per heavy atom. The van der Waals surface area contributed by atoms with Crippen LogP contribution in [0.15, 0.2) is 54.6 Å². The van der Waals surface area contributed by atoms with Crippen LogP contribution in [0.4, 0.5) is 10.5 Å². The Balaban J connectivity index is 1.39. The molecule has 32 heavy (non-hydrogen) atoms. The number of hydrogen-bond donors (Lipinski definition) is 0. The third kappa shape index (κ3) is 4.17. The quantitative estimate of drug-likeness (QED) is 0.573. The molecule has 1 unspecified atom stereocenters. The first-order valence-electron chi connectivity index (χ1n) is 12.7. The molecule has 1 aliphatic carbocycles.